The lowest BCUT2D eigenvalue weighted by atomic mass is 10.2. The van der Waals surface area contributed by atoms with Gasteiger partial charge >= 0.3 is 0 Å². The molecule has 0 aliphatic rings. The smallest absolute Gasteiger partial charge is 0.251 e. The van der Waals surface area contributed by atoms with E-state index in [2.05, 4.69) is 9.97 Å². The number of hydrogen-bond donors (Lipinski definition) is 2. The molecule has 0 aliphatic heterocycles. The number of nitrogens with zero attached hydrogens (tertiary/aromatic N) is 1. The molecule has 3 N–H and O–H groups in total. The summed E-state index contributed by atoms with van der Waals surface area (Å²) < 4.78 is 10.4. The van der Waals surface area contributed by atoms with Crippen molar-refractivity contribution in [2.45, 2.75) is 6.54 Å². The number of H-pyrrole nitrogens is 1. The van der Waals surface area contributed by atoms with E-state index in [-0.39, 0.29) is 12.1 Å². The van der Waals surface area contributed by atoms with E-state index in [1.807, 2.05) is 0 Å². The van der Waals surface area contributed by atoms with Crippen LogP contribution < -0.4 is 20.8 Å². The standard InChI is InChI=1S/C13H15N3O3/c1-18-10-4-3-8(5-11(10)19-2)13-15-9(7-14)6-12(17)16-13/h3-6H,7,14H2,1-2H3,(H,15,16,17). The van der Waals surface area contributed by atoms with Crippen LogP contribution in [0.5, 0.6) is 11.5 Å². The molecule has 0 amide bonds. The normalized spacial score (nSPS) is 10.3. The molecule has 0 saturated heterocycles. The predicted molar refractivity (Wildman–Crippen MR) is 71.3 cm³/mol. The van der Waals surface area contributed by atoms with E-state index in [9.17, 15) is 4.79 Å². The fourth-order valence-electron chi connectivity index (χ4n) is 1.73. The molecule has 0 bridgehead atoms. The van der Waals surface area contributed by atoms with Crippen molar-refractivity contribution < 1.29 is 9.47 Å². The van der Waals surface area contributed by atoms with Crippen molar-refractivity contribution in [2.75, 3.05) is 14.2 Å². The first-order valence-corrected chi connectivity index (χ1v) is 5.70. The number of aromatic nitrogens is 2. The highest BCUT2D eigenvalue weighted by atomic mass is 16.5. The number of aromatic amines is 1. The summed E-state index contributed by atoms with van der Waals surface area (Å²) >= 11 is 0. The highest BCUT2D eigenvalue weighted by Crippen LogP contribution is 2.30. The fraction of sp³-hybridized carbons (Fsp3) is 0.231. The van der Waals surface area contributed by atoms with Gasteiger partial charge in [-0.05, 0) is 18.2 Å². The molecule has 0 spiro atoms. The number of benzene rings is 1. The molecular formula is C13H15N3O3. The van der Waals surface area contributed by atoms with Gasteiger partial charge in [-0.2, -0.15) is 0 Å². The number of rotatable bonds is 4. The Morgan fingerprint density at radius 2 is 1.95 bits per heavy atom. The topological polar surface area (TPSA) is 90.2 Å². The Kier molecular flexibility index (Phi) is 3.82. The van der Waals surface area contributed by atoms with Gasteiger partial charge in [-0.1, -0.05) is 0 Å². The number of methoxy groups -OCH3 is 2. The van der Waals surface area contributed by atoms with Crippen LogP contribution in [-0.2, 0) is 6.54 Å². The fourth-order valence-corrected chi connectivity index (χ4v) is 1.73. The highest BCUT2D eigenvalue weighted by Gasteiger charge is 2.08. The van der Waals surface area contributed by atoms with E-state index >= 15 is 0 Å². The maximum Gasteiger partial charge on any atom is 0.251 e. The van der Waals surface area contributed by atoms with Gasteiger partial charge in [-0.3, -0.25) is 4.79 Å². The van der Waals surface area contributed by atoms with E-state index in [0.717, 1.165) is 5.56 Å². The molecule has 0 atom stereocenters. The van der Waals surface area contributed by atoms with Gasteiger partial charge in [0.1, 0.15) is 5.82 Å². The predicted octanol–water partition coefficient (Wildman–Crippen LogP) is 0.913. The highest BCUT2D eigenvalue weighted by molar-refractivity contribution is 5.61. The minimum Gasteiger partial charge on any atom is -0.493 e. The maximum atomic E-state index is 11.5. The van der Waals surface area contributed by atoms with Gasteiger partial charge in [-0.15, -0.1) is 0 Å². The van der Waals surface area contributed by atoms with Crippen LogP contribution in [0.3, 0.4) is 0 Å². The molecule has 6 nitrogen and oxygen atoms in total. The van der Waals surface area contributed by atoms with E-state index in [0.29, 0.717) is 23.0 Å². The third kappa shape index (κ3) is 2.74. The minimum atomic E-state index is -0.236. The first kappa shape index (κ1) is 13.1. The number of hydrogen-bond acceptors (Lipinski definition) is 5. The summed E-state index contributed by atoms with van der Waals surface area (Å²) in [5, 5.41) is 0. The first-order valence-electron chi connectivity index (χ1n) is 5.70. The summed E-state index contributed by atoms with van der Waals surface area (Å²) in [5.41, 5.74) is 6.53. The molecule has 2 aromatic rings. The first-order chi connectivity index (χ1) is 9.17. The minimum absolute atomic E-state index is 0.213. The number of nitrogens with two attached hydrogens (primary N) is 1. The van der Waals surface area contributed by atoms with E-state index < -0.39 is 0 Å². The van der Waals surface area contributed by atoms with Gasteiger partial charge < -0.3 is 20.2 Å². The Morgan fingerprint density at radius 1 is 1.21 bits per heavy atom. The van der Waals surface area contributed by atoms with Crippen LogP contribution in [0.4, 0.5) is 0 Å². The summed E-state index contributed by atoms with van der Waals surface area (Å²) in [6.07, 6.45) is 0. The summed E-state index contributed by atoms with van der Waals surface area (Å²) in [4.78, 5) is 18.5. The maximum absolute atomic E-state index is 11.5. The van der Waals surface area contributed by atoms with Crippen LogP contribution >= 0.6 is 0 Å². The second-order valence-corrected chi connectivity index (χ2v) is 3.86. The average molecular weight is 261 g/mol. The summed E-state index contributed by atoms with van der Waals surface area (Å²) in [6.45, 7) is 0.213. The molecule has 1 aromatic heterocycles. The molecule has 1 heterocycles. The Hall–Kier alpha value is -2.34. The van der Waals surface area contributed by atoms with Crippen LogP contribution in [0.2, 0.25) is 0 Å². The molecule has 0 radical (unpaired) electrons. The van der Waals surface area contributed by atoms with Crippen LogP contribution in [0, 0.1) is 0 Å². The molecule has 6 heteroatoms. The zero-order chi connectivity index (χ0) is 13.8. The van der Waals surface area contributed by atoms with Gasteiger partial charge in [0.05, 0.1) is 19.9 Å². The Labute approximate surface area is 110 Å². The summed E-state index contributed by atoms with van der Waals surface area (Å²) in [5.74, 6) is 1.64. The average Bonchev–Trinajstić information content (AvgIpc) is 2.45. The van der Waals surface area contributed by atoms with Gasteiger partial charge in [0.15, 0.2) is 11.5 Å². The van der Waals surface area contributed by atoms with Crippen LogP contribution in [-0.4, -0.2) is 24.2 Å². The van der Waals surface area contributed by atoms with Crippen molar-refractivity contribution in [3.8, 4) is 22.9 Å². The van der Waals surface area contributed by atoms with Gasteiger partial charge in [-0.25, -0.2) is 4.98 Å². The molecule has 19 heavy (non-hydrogen) atoms. The molecule has 100 valence electrons. The molecule has 0 fully saturated rings. The molecule has 0 aliphatic carbocycles. The van der Waals surface area contributed by atoms with Crippen LogP contribution in [0.25, 0.3) is 11.4 Å². The van der Waals surface area contributed by atoms with Crippen molar-refractivity contribution in [3.63, 3.8) is 0 Å². The quantitative estimate of drug-likeness (QED) is 0.853. The van der Waals surface area contributed by atoms with Gasteiger partial charge in [0.2, 0.25) is 0 Å². The summed E-state index contributed by atoms with van der Waals surface area (Å²) in [7, 11) is 3.11. The van der Waals surface area contributed by atoms with Crippen molar-refractivity contribution in [2.24, 2.45) is 5.73 Å². The summed E-state index contributed by atoms with van der Waals surface area (Å²) in [6, 6.07) is 6.67. The van der Waals surface area contributed by atoms with E-state index in [4.69, 9.17) is 15.2 Å². The van der Waals surface area contributed by atoms with Gasteiger partial charge in [0.25, 0.3) is 5.56 Å². The third-order valence-corrected chi connectivity index (χ3v) is 2.66. The van der Waals surface area contributed by atoms with E-state index in [1.165, 1.54) is 6.07 Å². The van der Waals surface area contributed by atoms with Crippen LogP contribution in [0.15, 0.2) is 29.1 Å². The van der Waals surface area contributed by atoms with Crippen molar-refractivity contribution >= 4 is 0 Å². The van der Waals surface area contributed by atoms with Crippen molar-refractivity contribution in [3.05, 3.63) is 40.3 Å². The lowest BCUT2D eigenvalue weighted by Gasteiger charge is -2.09. The number of nitrogens with one attached hydrogen (secondary N) is 1. The van der Waals surface area contributed by atoms with E-state index in [1.54, 1.807) is 32.4 Å². The van der Waals surface area contributed by atoms with Crippen LogP contribution in [0.1, 0.15) is 5.69 Å². The second kappa shape index (κ2) is 5.53. The molecular weight excluding hydrogens is 246 g/mol. The lowest BCUT2D eigenvalue weighted by molar-refractivity contribution is 0.355. The monoisotopic (exact) mass is 261 g/mol. The zero-order valence-corrected chi connectivity index (χ0v) is 10.8. The largest absolute Gasteiger partial charge is 0.493 e. The molecule has 2 rings (SSSR count). The third-order valence-electron chi connectivity index (χ3n) is 2.66. The molecule has 0 saturated carbocycles. The lowest BCUT2D eigenvalue weighted by Crippen LogP contribution is -2.12. The van der Waals surface area contributed by atoms with Gasteiger partial charge in [0, 0.05) is 18.2 Å². The Morgan fingerprint density at radius 3 is 2.58 bits per heavy atom. The number of ether oxygens (including phenoxy) is 2. The Balaban J connectivity index is 2.52. The SMILES string of the molecule is COc1ccc(-c2nc(CN)cc(=O)[nH]2)cc1OC. The Bertz CT molecular complexity index is 637. The second-order valence-electron chi connectivity index (χ2n) is 3.86. The zero-order valence-electron chi connectivity index (χ0n) is 10.8. The molecule has 1 aromatic carbocycles. The van der Waals surface area contributed by atoms with Crippen molar-refractivity contribution in [1.29, 1.82) is 0 Å². The van der Waals surface area contributed by atoms with Crippen molar-refractivity contribution in [1.82, 2.24) is 9.97 Å². The molecule has 0 unspecified atom stereocenters.